The number of carbonyl (C=O) groups excluding carboxylic acids is 1. The molecule has 5 heteroatoms. The van der Waals surface area contributed by atoms with E-state index < -0.39 is 17.8 Å². The third-order valence-corrected chi connectivity index (χ3v) is 2.36. The number of carboxylic acid groups (broad SMARTS) is 1. The van der Waals surface area contributed by atoms with Gasteiger partial charge in [0, 0.05) is 0 Å². The fourth-order valence-corrected chi connectivity index (χ4v) is 1.58. The lowest BCUT2D eigenvalue weighted by Crippen LogP contribution is -2.40. The Labute approximate surface area is 92.0 Å². The van der Waals surface area contributed by atoms with Crippen LogP contribution in [0.25, 0.3) is 0 Å². The van der Waals surface area contributed by atoms with E-state index in [1.54, 1.807) is 24.3 Å². The summed E-state index contributed by atoms with van der Waals surface area (Å²) in [6.45, 7) is 1.52. The maximum atomic E-state index is 11.6. The van der Waals surface area contributed by atoms with Gasteiger partial charge in [-0.15, -0.1) is 0 Å². The summed E-state index contributed by atoms with van der Waals surface area (Å²) >= 11 is 0. The molecule has 0 amide bonds. The summed E-state index contributed by atoms with van der Waals surface area (Å²) in [5.41, 5.74) is 0.816. The van der Waals surface area contributed by atoms with Gasteiger partial charge < -0.3 is 5.11 Å². The van der Waals surface area contributed by atoms with E-state index in [-0.39, 0.29) is 5.71 Å². The second-order valence-electron chi connectivity index (χ2n) is 3.47. The zero-order valence-corrected chi connectivity index (χ0v) is 8.62. The van der Waals surface area contributed by atoms with Gasteiger partial charge in [0.05, 0.1) is 5.69 Å². The number of Topliss-reactive ketones (excluding diaryl/α,β-unsaturated/α-hetero) is 1. The average molecular weight is 218 g/mol. The standard InChI is InChI=1S/C11H10N2O3/c1-7-10(14)9(11(15)16)13(12-7)8-5-3-2-4-6-8/h2-6,9H,1H3,(H,15,16). The van der Waals surface area contributed by atoms with Gasteiger partial charge in [-0.1, -0.05) is 18.2 Å². The monoisotopic (exact) mass is 218 g/mol. The van der Waals surface area contributed by atoms with Crippen LogP contribution in [0, 0.1) is 0 Å². The second-order valence-corrected chi connectivity index (χ2v) is 3.47. The lowest BCUT2D eigenvalue weighted by Gasteiger charge is -2.18. The molecule has 1 N–H and O–H groups in total. The summed E-state index contributed by atoms with van der Waals surface area (Å²) in [6, 6.07) is 7.54. The molecule has 1 aliphatic heterocycles. The molecule has 0 aromatic heterocycles. The van der Waals surface area contributed by atoms with Gasteiger partial charge in [-0.05, 0) is 19.1 Å². The molecule has 0 bridgehead atoms. The molecule has 0 saturated carbocycles. The van der Waals surface area contributed by atoms with Crippen molar-refractivity contribution in [1.29, 1.82) is 0 Å². The predicted molar refractivity (Wildman–Crippen MR) is 58.5 cm³/mol. The van der Waals surface area contributed by atoms with Gasteiger partial charge >= 0.3 is 5.97 Å². The van der Waals surface area contributed by atoms with E-state index in [1.807, 2.05) is 6.07 Å². The van der Waals surface area contributed by atoms with Crippen LogP contribution >= 0.6 is 0 Å². The third kappa shape index (κ3) is 1.56. The van der Waals surface area contributed by atoms with Crippen LogP contribution < -0.4 is 5.01 Å². The van der Waals surface area contributed by atoms with Crippen molar-refractivity contribution in [3.8, 4) is 0 Å². The van der Waals surface area contributed by atoms with Crippen molar-refractivity contribution in [3.63, 3.8) is 0 Å². The van der Waals surface area contributed by atoms with Gasteiger partial charge in [0.15, 0.2) is 0 Å². The number of para-hydroxylation sites is 1. The van der Waals surface area contributed by atoms with Crippen LogP contribution in [0.2, 0.25) is 0 Å². The van der Waals surface area contributed by atoms with Gasteiger partial charge in [0.2, 0.25) is 11.8 Å². The Kier molecular flexibility index (Phi) is 2.44. The largest absolute Gasteiger partial charge is 0.479 e. The second kappa shape index (κ2) is 3.77. The van der Waals surface area contributed by atoms with Crippen molar-refractivity contribution in [2.24, 2.45) is 5.10 Å². The highest BCUT2D eigenvalue weighted by Gasteiger charge is 2.39. The summed E-state index contributed by atoms with van der Waals surface area (Å²) in [7, 11) is 0. The van der Waals surface area contributed by atoms with Crippen molar-refractivity contribution < 1.29 is 14.7 Å². The number of carboxylic acids is 1. The molecule has 82 valence electrons. The number of carbonyl (C=O) groups is 2. The first kappa shape index (κ1) is 10.4. The van der Waals surface area contributed by atoms with E-state index in [0.717, 1.165) is 0 Å². The molecule has 1 aromatic carbocycles. The first-order valence-electron chi connectivity index (χ1n) is 4.78. The minimum absolute atomic E-state index is 0.219. The molecule has 16 heavy (non-hydrogen) atoms. The average Bonchev–Trinajstić information content (AvgIpc) is 2.57. The normalized spacial score (nSPS) is 19.8. The van der Waals surface area contributed by atoms with E-state index in [4.69, 9.17) is 5.11 Å². The molecule has 0 fully saturated rings. The molecule has 1 atom stereocenters. The molecular weight excluding hydrogens is 208 g/mol. The summed E-state index contributed by atoms with van der Waals surface area (Å²) in [4.78, 5) is 22.6. The van der Waals surface area contributed by atoms with Gasteiger partial charge in [0.25, 0.3) is 0 Å². The van der Waals surface area contributed by atoms with E-state index >= 15 is 0 Å². The van der Waals surface area contributed by atoms with Crippen LogP contribution in [0.4, 0.5) is 5.69 Å². The minimum Gasteiger partial charge on any atom is -0.479 e. The molecule has 5 nitrogen and oxygen atoms in total. The topological polar surface area (TPSA) is 70.0 Å². The van der Waals surface area contributed by atoms with Crippen LogP contribution in [-0.4, -0.2) is 28.6 Å². The molecule has 1 unspecified atom stereocenters. The fraction of sp³-hybridized carbons (Fsp3) is 0.182. The maximum absolute atomic E-state index is 11.6. The quantitative estimate of drug-likeness (QED) is 0.749. The summed E-state index contributed by atoms with van der Waals surface area (Å²) in [5, 5.41) is 14.2. The third-order valence-electron chi connectivity index (χ3n) is 2.36. The van der Waals surface area contributed by atoms with Crippen LogP contribution in [0.15, 0.2) is 35.4 Å². The Bertz CT molecular complexity index is 467. The molecular formula is C11H10N2O3. The molecule has 0 aliphatic carbocycles. The Morgan fingerprint density at radius 3 is 2.56 bits per heavy atom. The molecule has 2 rings (SSSR count). The lowest BCUT2D eigenvalue weighted by atomic mass is 10.1. The first-order chi connectivity index (χ1) is 7.61. The van der Waals surface area contributed by atoms with Crippen molar-refractivity contribution in [2.45, 2.75) is 13.0 Å². The highest BCUT2D eigenvalue weighted by atomic mass is 16.4. The maximum Gasteiger partial charge on any atom is 0.336 e. The minimum atomic E-state index is -1.23. The lowest BCUT2D eigenvalue weighted by molar-refractivity contribution is -0.140. The molecule has 1 aromatic rings. The zero-order chi connectivity index (χ0) is 11.7. The highest BCUT2D eigenvalue weighted by molar-refractivity contribution is 6.46. The Balaban J connectivity index is 2.41. The predicted octanol–water partition coefficient (Wildman–Crippen LogP) is 0.905. The SMILES string of the molecule is CC1=NN(c2ccccc2)C(C(=O)O)C1=O. The number of aliphatic carboxylic acids is 1. The number of anilines is 1. The van der Waals surface area contributed by atoms with Crippen molar-refractivity contribution in [1.82, 2.24) is 0 Å². The number of hydrogen-bond donors (Lipinski definition) is 1. The number of hydrogen-bond acceptors (Lipinski definition) is 4. The molecule has 1 aliphatic rings. The van der Waals surface area contributed by atoms with Crippen LogP contribution in [0.1, 0.15) is 6.92 Å². The number of nitrogens with zero attached hydrogens (tertiary/aromatic N) is 2. The number of hydrazone groups is 1. The van der Waals surface area contributed by atoms with Crippen LogP contribution in [0.5, 0.6) is 0 Å². The van der Waals surface area contributed by atoms with Crippen LogP contribution in [0.3, 0.4) is 0 Å². The molecule has 0 radical (unpaired) electrons. The van der Waals surface area contributed by atoms with Crippen molar-refractivity contribution in [2.75, 3.05) is 5.01 Å². The Hall–Kier alpha value is -2.17. The molecule has 1 heterocycles. The summed E-state index contributed by atoms with van der Waals surface area (Å²) in [6.07, 6.45) is 0. The van der Waals surface area contributed by atoms with Gasteiger partial charge in [-0.25, -0.2) is 9.80 Å². The van der Waals surface area contributed by atoms with E-state index in [1.165, 1.54) is 11.9 Å². The van der Waals surface area contributed by atoms with Gasteiger partial charge in [-0.2, -0.15) is 5.10 Å². The summed E-state index contributed by atoms with van der Waals surface area (Å²) < 4.78 is 0. The van der Waals surface area contributed by atoms with E-state index in [2.05, 4.69) is 5.10 Å². The van der Waals surface area contributed by atoms with Crippen LogP contribution in [-0.2, 0) is 9.59 Å². The number of ketones is 1. The van der Waals surface area contributed by atoms with E-state index in [9.17, 15) is 9.59 Å². The smallest absolute Gasteiger partial charge is 0.336 e. The number of benzene rings is 1. The highest BCUT2D eigenvalue weighted by Crippen LogP contribution is 2.22. The van der Waals surface area contributed by atoms with Gasteiger partial charge in [0.1, 0.15) is 5.71 Å². The zero-order valence-electron chi connectivity index (χ0n) is 8.62. The molecule has 0 saturated heterocycles. The molecule has 0 spiro atoms. The fourth-order valence-electron chi connectivity index (χ4n) is 1.58. The van der Waals surface area contributed by atoms with Gasteiger partial charge in [-0.3, -0.25) is 4.79 Å². The van der Waals surface area contributed by atoms with E-state index in [0.29, 0.717) is 5.69 Å². The summed E-state index contributed by atoms with van der Waals surface area (Å²) in [5.74, 6) is -1.65. The van der Waals surface area contributed by atoms with Crippen molar-refractivity contribution in [3.05, 3.63) is 30.3 Å². The first-order valence-corrected chi connectivity index (χ1v) is 4.78. The Morgan fingerprint density at radius 2 is 2.00 bits per heavy atom. The van der Waals surface area contributed by atoms with Crippen molar-refractivity contribution >= 4 is 23.2 Å². The number of rotatable bonds is 2. The Morgan fingerprint density at radius 1 is 1.38 bits per heavy atom.